The molecule has 1 aromatic carbocycles. The molecule has 0 heterocycles. The van der Waals surface area contributed by atoms with Crippen LogP contribution in [0.25, 0.3) is 0 Å². The average Bonchev–Trinajstić information content (AvgIpc) is 3.01. The SMILES string of the molecule is NS(=O)(=O)c1ccc(OCCC2CC2)cc1. The number of rotatable bonds is 5. The number of hydrogen-bond acceptors (Lipinski definition) is 3. The average molecular weight is 241 g/mol. The standard InChI is InChI=1S/C11H15NO3S/c12-16(13,14)11-5-3-10(4-6-11)15-8-7-9-1-2-9/h3-6,9H,1-2,7-8H2,(H2,12,13,14). The van der Waals surface area contributed by atoms with E-state index in [0.717, 1.165) is 12.3 Å². The lowest BCUT2D eigenvalue weighted by molar-refractivity contribution is 0.302. The lowest BCUT2D eigenvalue weighted by Gasteiger charge is -2.05. The summed E-state index contributed by atoms with van der Waals surface area (Å²) in [4.78, 5) is 0.113. The van der Waals surface area contributed by atoms with Crippen molar-refractivity contribution in [2.75, 3.05) is 6.61 Å². The molecule has 0 aromatic heterocycles. The number of ether oxygens (including phenoxy) is 1. The van der Waals surface area contributed by atoms with Gasteiger partial charge in [-0.3, -0.25) is 0 Å². The third-order valence-corrected chi connectivity index (χ3v) is 3.57. The Hall–Kier alpha value is -1.07. The fourth-order valence-electron chi connectivity index (χ4n) is 1.48. The number of hydrogen-bond donors (Lipinski definition) is 1. The van der Waals surface area contributed by atoms with Crippen LogP contribution in [0.3, 0.4) is 0 Å². The van der Waals surface area contributed by atoms with Gasteiger partial charge in [0.1, 0.15) is 5.75 Å². The molecule has 88 valence electrons. The zero-order valence-corrected chi connectivity index (χ0v) is 9.74. The second-order valence-corrected chi connectivity index (χ2v) is 5.66. The maximum atomic E-state index is 11.0. The third kappa shape index (κ3) is 3.21. The summed E-state index contributed by atoms with van der Waals surface area (Å²) in [6.45, 7) is 0.694. The maximum absolute atomic E-state index is 11.0. The molecule has 0 saturated heterocycles. The molecule has 0 bridgehead atoms. The second-order valence-electron chi connectivity index (χ2n) is 4.10. The Bertz CT molecular complexity index is 449. The van der Waals surface area contributed by atoms with Gasteiger partial charge in [-0.05, 0) is 36.6 Å². The molecule has 1 aliphatic carbocycles. The summed E-state index contributed by atoms with van der Waals surface area (Å²) in [6.07, 6.45) is 3.71. The lowest BCUT2D eigenvalue weighted by atomic mass is 10.3. The molecule has 1 saturated carbocycles. The lowest BCUT2D eigenvalue weighted by Crippen LogP contribution is -2.11. The van der Waals surface area contributed by atoms with Crippen LogP contribution < -0.4 is 9.88 Å². The van der Waals surface area contributed by atoms with Crippen LogP contribution >= 0.6 is 0 Å². The van der Waals surface area contributed by atoms with Crippen molar-refractivity contribution in [2.24, 2.45) is 11.1 Å². The molecular formula is C11H15NO3S. The summed E-state index contributed by atoms with van der Waals surface area (Å²) in [5.74, 6) is 1.52. The predicted molar refractivity (Wildman–Crippen MR) is 60.7 cm³/mol. The summed E-state index contributed by atoms with van der Waals surface area (Å²) in [5.41, 5.74) is 0. The molecular weight excluding hydrogens is 226 g/mol. The van der Waals surface area contributed by atoms with Crippen LogP contribution in [0.2, 0.25) is 0 Å². The molecule has 5 heteroatoms. The molecule has 0 amide bonds. The van der Waals surface area contributed by atoms with E-state index in [9.17, 15) is 8.42 Å². The Morgan fingerprint density at radius 3 is 2.38 bits per heavy atom. The van der Waals surface area contributed by atoms with E-state index in [1.165, 1.54) is 25.0 Å². The minimum atomic E-state index is -3.60. The number of primary sulfonamides is 1. The van der Waals surface area contributed by atoms with Gasteiger partial charge < -0.3 is 4.74 Å². The highest BCUT2D eigenvalue weighted by atomic mass is 32.2. The van der Waals surface area contributed by atoms with E-state index in [2.05, 4.69) is 0 Å². The molecule has 0 atom stereocenters. The minimum absolute atomic E-state index is 0.113. The maximum Gasteiger partial charge on any atom is 0.238 e. The van der Waals surface area contributed by atoms with Crippen molar-refractivity contribution in [3.05, 3.63) is 24.3 Å². The topological polar surface area (TPSA) is 69.4 Å². The van der Waals surface area contributed by atoms with Crippen LogP contribution in [-0.2, 0) is 10.0 Å². The molecule has 1 fully saturated rings. The van der Waals surface area contributed by atoms with Crippen molar-refractivity contribution in [3.63, 3.8) is 0 Å². The summed E-state index contributed by atoms with van der Waals surface area (Å²) >= 11 is 0. The van der Waals surface area contributed by atoms with E-state index < -0.39 is 10.0 Å². The van der Waals surface area contributed by atoms with Gasteiger partial charge in [-0.25, -0.2) is 13.6 Å². The Morgan fingerprint density at radius 1 is 1.25 bits per heavy atom. The van der Waals surface area contributed by atoms with Gasteiger partial charge in [-0.15, -0.1) is 0 Å². The summed E-state index contributed by atoms with van der Waals surface area (Å²) < 4.78 is 27.5. The van der Waals surface area contributed by atoms with Gasteiger partial charge in [0.15, 0.2) is 0 Å². The molecule has 0 aliphatic heterocycles. The molecule has 2 N–H and O–H groups in total. The van der Waals surface area contributed by atoms with Crippen LogP contribution in [0.4, 0.5) is 0 Å². The van der Waals surface area contributed by atoms with Gasteiger partial charge in [-0.2, -0.15) is 0 Å². The molecule has 16 heavy (non-hydrogen) atoms. The van der Waals surface area contributed by atoms with E-state index in [4.69, 9.17) is 9.88 Å². The van der Waals surface area contributed by atoms with Crippen LogP contribution in [0.15, 0.2) is 29.2 Å². The Kier molecular flexibility index (Phi) is 3.16. The first-order chi connectivity index (χ1) is 7.55. The number of benzene rings is 1. The third-order valence-electron chi connectivity index (χ3n) is 2.64. The molecule has 1 aliphatic rings. The molecule has 0 unspecified atom stereocenters. The first-order valence-corrected chi connectivity index (χ1v) is 6.86. The van der Waals surface area contributed by atoms with E-state index in [0.29, 0.717) is 12.4 Å². The van der Waals surface area contributed by atoms with Crippen molar-refractivity contribution >= 4 is 10.0 Å². The number of sulfonamides is 1. The van der Waals surface area contributed by atoms with Crippen molar-refractivity contribution < 1.29 is 13.2 Å². The molecule has 4 nitrogen and oxygen atoms in total. The van der Waals surface area contributed by atoms with Crippen molar-refractivity contribution in [2.45, 2.75) is 24.2 Å². The highest BCUT2D eigenvalue weighted by Crippen LogP contribution is 2.32. The fraction of sp³-hybridized carbons (Fsp3) is 0.455. The van der Waals surface area contributed by atoms with Gasteiger partial charge in [0.25, 0.3) is 0 Å². The number of nitrogens with two attached hydrogens (primary N) is 1. The zero-order chi connectivity index (χ0) is 11.6. The first-order valence-electron chi connectivity index (χ1n) is 5.31. The molecule has 2 rings (SSSR count). The van der Waals surface area contributed by atoms with E-state index in [-0.39, 0.29) is 4.90 Å². The van der Waals surface area contributed by atoms with Gasteiger partial charge in [0.2, 0.25) is 10.0 Å². The van der Waals surface area contributed by atoms with Gasteiger partial charge in [0, 0.05) is 0 Å². The first kappa shape index (κ1) is 11.4. The normalized spacial score (nSPS) is 16.1. The predicted octanol–water partition coefficient (Wildman–Crippen LogP) is 1.51. The summed E-state index contributed by atoms with van der Waals surface area (Å²) in [5, 5.41) is 4.99. The van der Waals surface area contributed by atoms with Crippen molar-refractivity contribution in [1.29, 1.82) is 0 Å². The van der Waals surface area contributed by atoms with Crippen LogP contribution in [-0.4, -0.2) is 15.0 Å². The fourth-order valence-corrected chi connectivity index (χ4v) is 1.99. The largest absolute Gasteiger partial charge is 0.494 e. The smallest absolute Gasteiger partial charge is 0.238 e. The second kappa shape index (κ2) is 4.43. The summed E-state index contributed by atoms with van der Waals surface area (Å²) in [6, 6.07) is 6.18. The highest BCUT2D eigenvalue weighted by molar-refractivity contribution is 7.89. The quantitative estimate of drug-likeness (QED) is 0.849. The van der Waals surface area contributed by atoms with E-state index in [1.54, 1.807) is 12.1 Å². The Labute approximate surface area is 95.5 Å². The van der Waals surface area contributed by atoms with Gasteiger partial charge in [-0.1, -0.05) is 12.8 Å². The van der Waals surface area contributed by atoms with Gasteiger partial charge >= 0.3 is 0 Å². The minimum Gasteiger partial charge on any atom is -0.494 e. The van der Waals surface area contributed by atoms with Crippen LogP contribution in [0.1, 0.15) is 19.3 Å². The Morgan fingerprint density at radius 2 is 1.88 bits per heavy atom. The highest BCUT2D eigenvalue weighted by Gasteiger charge is 2.20. The molecule has 0 spiro atoms. The van der Waals surface area contributed by atoms with E-state index in [1.807, 2.05) is 0 Å². The monoisotopic (exact) mass is 241 g/mol. The van der Waals surface area contributed by atoms with Crippen LogP contribution in [0, 0.1) is 5.92 Å². The molecule has 0 radical (unpaired) electrons. The van der Waals surface area contributed by atoms with Crippen molar-refractivity contribution in [1.82, 2.24) is 0 Å². The van der Waals surface area contributed by atoms with Crippen molar-refractivity contribution in [3.8, 4) is 5.75 Å². The van der Waals surface area contributed by atoms with Gasteiger partial charge in [0.05, 0.1) is 11.5 Å². The van der Waals surface area contributed by atoms with E-state index >= 15 is 0 Å². The Balaban J connectivity index is 1.90. The van der Waals surface area contributed by atoms with Crippen LogP contribution in [0.5, 0.6) is 5.75 Å². The summed E-state index contributed by atoms with van der Waals surface area (Å²) in [7, 11) is -3.60. The molecule has 1 aromatic rings. The zero-order valence-electron chi connectivity index (χ0n) is 8.93.